The number of guanidine groups is 1. The van der Waals surface area contributed by atoms with E-state index in [2.05, 4.69) is 15.6 Å². The lowest BCUT2D eigenvalue weighted by atomic mass is 10.1. The van der Waals surface area contributed by atoms with Gasteiger partial charge in [-0.2, -0.15) is 13.2 Å². The second kappa shape index (κ2) is 6.83. The Balaban J connectivity index is 1.92. The summed E-state index contributed by atoms with van der Waals surface area (Å²) in [4.78, 5) is 4.11. The monoisotopic (exact) mass is 299 g/mol. The molecule has 1 saturated carbocycles. The summed E-state index contributed by atoms with van der Waals surface area (Å²) in [6, 6.07) is 5.75. The quantitative estimate of drug-likeness (QED) is 0.663. The highest BCUT2D eigenvalue weighted by Gasteiger charge is 2.30. The average Bonchev–Trinajstić information content (AvgIpc) is 2.95. The van der Waals surface area contributed by atoms with E-state index in [9.17, 15) is 13.2 Å². The Morgan fingerprint density at radius 1 is 1.29 bits per heavy atom. The molecule has 1 aromatic carbocycles. The van der Waals surface area contributed by atoms with Crippen molar-refractivity contribution in [3.63, 3.8) is 0 Å². The maximum atomic E-state index is 12.6. The van der Waals surface area contributed by atoms with Crippen LogP contribution in [0.3, 0.4) is 0 Å². The van der Waals surface area contributed by atoms with Gasteiger partial charge in [-0.3, -0.25) is 4.99 Å². The Morgan fingerprint density at radius 3 is 2.62 bits per heavy atom. The van der Waals surface area contributed by atoms with Gasteiger partial charge in [0.25, 0.3) is 0 Å². The molecule has 6 heteroatoms. The second-order valence-electron chi connectivity index (χ2n) is 5.25. The number of nitrogens with one attached hydrogen (secondary N) is 2. The van der Waals surface area contributed by atoms with Crippen LogP contribution in [-0.4, -0.2) is 19.0 Å². The normalized spacial score (nSPS) is 17.0. The van der Waals surface area contributed by atoms with E-state index in [0.717, 1.165) is 25.0 Å². The molecular weight excluding hydrogens is 279 g/mol. The van der Waals surface area contributed by atoms with Crippen LogP contribution < -0.4 is 10.6 Å². The van der Waals surface area contributed by atoms with E-state index in [1.54, 1.807) is 13.1 Å². The van der Waals surface area contributed by atoms with Crippen molar-refractivity contribution in [1.29, 1.82) is 0 Å². The summed E-state index contributed by atoms with van der Waals surface area (Å²) in [5.41, 5.74) is -0.0419. The Labute approximate surface area is 122 Å². The molecule has 2 N–H and O–H groups in total. The number of alkyl halides is 3. The summed E-state index contributed by atoms with van der Waals surface area (Å²) < 4.78 is 37.9. The van der Waals surface area contributed by atoms with E-state index in [4.69, 9.17) is 0 Å². The molecule has 0 spiro atoms. The van der Waals surface area contributed by atoms with Crippen molar-refractivity contribution in [3.05, 3.63) is 35.4 Å². The van der Waals surface area contributed by atoms with Gasteiger partial charge in [-0.1, -0.05) is 25.0 Å². The Kier molecular flexibility index (Phi) is 5.09. The van der Waals surface area contributed by atoms with E-state index in [1.807, 2.05) is 0 Å². The predicted octanol–water partition coefficient (Wildman–Crippen LogP) is 3.31. The first-order valence-electron chi connectivity index (χ1n) is 7.12. The van der Waals surface area contributed by atoms with Crippen LogP contribution in [0.1, 0.15) is 36.8 Å². The molecule has 1 fully saturated rings. The number of hydrogen-bond donors (Lipinski definition) is 2. The third-order valence-corrected chi connectivity index (χ3v) is 3.63. The molecule has 0 heterocycles. The number of halogens is 3. The van der Waals surface area contributed by atoms with E-state index >= 15 is 0 Å². The third kappa shape index (κ3) is 4.65. The molecule has 21 heavy (non-hydrogen) atoms. The van der Waals surface area contributed by atoms with Gasteiger partial charge in [0.15, 0.2) is 5.96 Å². The van der Waals surface area contributed by atoms with E-state index < -0.39 is 11.7 Å². The molecule has 0 radical (unpaired) electrons. The SMILES string of the molecule is CN=C(NCc1cccc(C(F)(F)F)c1)NC1CCCC1. The number of benzene rings is 1. The first kappa shape index (κ1) is 15.7. The molecule has 0 saturated heterocycles. The zero-order valence-electron chi connectivity index (χ0n) is 12.0. The lowest BCUT2D eigenvalue weighted by molar-refractivity contribution is -0.137. The van der Waals surface area contributed by atoms with Crippen LogP contribution in [0.2, 0.25) is 0 Å². The summed E-state index contributed by atoms with van der Waals surface area (Å²) in [5.74, 6) is 0.638. The maximum absolute atomic E-state index is 12.6. The minimum atomic E-state index is -4.31. The number of hydrogen-bond acceptors (Lipinski definition) is 1. The highest BCUT2D eigenvalue weighted by atomic mass is 19.4. The molecule has 1 aliphatic carbocycles. The molecular formula is C15H20F3N3. The molecule has 1 aromatic rings. The van der Waals surface area contributed by atoms with Gasteiger partial charge in [0, 0.05) is 19.6 Å². The average molecular weight is 299 g/mol. The summed E-state index contributed by atoms with van der Waals surface area (Å²) in [6.07, 6.45) is 0.346. The zero-order valence-corrected chi connectivity index (χ0v) is 12.0. The number of nitrogens with zero attached hydrogens (tertiary/aromatic N) is 1. The molecule has 116 valence electrons. The van der Waals surface area contributed by atoms with Crippen LogP contribution in [0.15, 0.2) is 29.3 Å². The van der Waals surface area contributed by atoms with E-state index in [-0.39, 0.29) is 0 Å². The van der Waals surface area contributed by atoms with Crippen LogP contribution in [0.25, 0.3) is 0 Å². The summed E-state index contributed by atoms with van der Waals surface area (Å²) >= 11 is 0. The van der Waals surface area contributed by atoms with Gasteiger partial charge in [0.2, 0.25) is 0 Å². The lowest BCUT2D eigenvalue weighted by Crippen LogP contribution is -2.41. The zero-order chi connectivity index (χ0) is 15.3. The highest BCUT2D eigenvalue weighted by molar-refractivity contribution is 5.79. The molecule has 0 aromatic heterocycles. The molecule has 1 aliphatic rings. The second-order valence-corrected chi connectivity index (χ2v) is 5.25. The van der Waals surface area contributed by atoms with Gasteiger partial charge in [0.1, 0.15) is 0 Å². The summed E-state index contributed by atoms with van der Waals surface area (Å²) in [6.45, 7) is 0.316. The van der Waals surface area contributed by atoms with Crippen LogP contribution >= 0.6 is 0 Å². The molecule has 0 amide bonds. The molecule has 0 bridgehead atoms. The third-order valence-electron chi connectivity index (χ3n) is 3.63. The molecule has 3 nitrogen and oxygen atoms in total. The Bertz CT molecular complexity index is 491. The topological polar surface area (TPSA) is 36.4 Å². The van der Waals surface area contributed by atoms with Crippen molar-refractivity contribution in [2.75, 3.05) is 7.05 Å². The van der Waals surface area contributed by atoms with Crippen LogP contribution in [0.5, 0.6) is 0 Å². The van der Waals surface area contributed by atoms with Gasteiger partial charge < -0.3 is 10.6 Å². The Morgan fingerprint density at radius 2 is 2.00 bits per heavy atom. The number of rotatable bonds is 3. The minimum Gasteiger partial charge on any atom is -0.354 e. The molecule has 0 atom stereocenters. The van der Waals surface area contributed by atoms with Gasteiger partial charge >= 0.3 is 6.18 Å². The Hall–Kier alpha value is -1.72. The van der Waals surface area contributed by atoms with E-state index in [1.165, 1.54) is 18.9 Å². The first-order valence-corrected chi connectivity index (χ1v) is 7.12. The van der Waals surface area contributed by atoms with Crippen LogP contribution in [0, 0.1) is 0 Å². The molecule has 0 unspecified atom stereocenters. The van der Waals surface area contributed by atoms with Crippen molar-refractivity contribution < 1.29 is 13.2 Å². The maximum Gasteiger partial charge on any atom is 0.416 e. The van der Waals surface area contributed by atoms with Gasteiger partial charge in [-0.05, 0) is 30.5 Å². The minimum absolute atomic E-state index is 0.316. The van der Waals surface area contributed by atoms with Gasteiger partial charge in [-0.25, -0.2) is 0 Å². The summed E-state index contributed by atoms with van der Waals surface area (Å²) in [5, 5.41) is 6.36. The van der Waals surface area contributed by atoms with Crippen molar-refractivity contribution in [1.82, 2.24) is 10.6 Å². The molecule has 0 aliphatic heterocycles. The van der Waals surface area contributed by atoms with Crippen molar-refractivity contribution in [2.24, 2.45) is 4.99 Å². The van der Waals surface area contributed by atoms with Crippen molar-refractivity contribution >= 4 is 5.96 Å². The molecule has 2 rings (SSSR count). The van der Waals surface area contributed by atoms with Crippen molar-refractivity contribution in [2.45, 2.75) is 44.4 Å². The largest absolute Gasteiger partial charge is 0.416 e. The lowest BCUT2D eigenvalue weighted by Gasteiger charge is -2.17. The fourth-order valence-electron chi connectivity index (χ4n) is 2.50. The highest BCUT2D eigenvalue weighted by Crippen LogP contribution is 2.29. The predicted molar refractivity (Wildman–Crippen MR) is 77.0 cm³/mol. The number of aliphatic imine (C=N–C) groups is 1. The smallest absolute Gasteiger partial charge is 0.354 e. The fourth-order valence-corrected chi connectivity index (χ4v) is 2.50. The van der Waals surface area contributed by atoms with Gasteiger partial charge in [-0.15, -0.1) is 0 Å². The fraction of sp³-hybridized carbons (Fsp3) is 0.533. The van der Waals surface area contributed by atoms with Crippen molar-refractivity contribution in [3.8, 4) is 0 Å². The van der Waals surface area contributed by atoms with Crippen LogP contribution in [-0.2, 0) is 12.7 Å². The standard InChI is InChI=1S/C15H20F3N3/c1-19-14(21-13-7-2-3-8-13)20-10-11-5-4-6-12(9-11)15(16,17)18/h4-6,9,13H,2-3,7-8,10H2,1H3,(H2,19,20,21). The summed E-state index contributed by atoms with van der Waals surface area (Å²) in [7, 11) is 1.66. The van der Waals surface area contributed by atoms with Crippen LogP contribution in [0.4, 0.5) is 13.2 Å². The van der Waals surface area contributed by atoms with Gasteiger partial charge in [0.05, 0.1) is 5.56 Å². The van der Waals surface area contributed by atoms with E-state index in [0.29, 0.717) is 24.1 Å². The first-order chi connectivity index (χ1) is 9.99.